The van der Waals surface area contributed by atoms with E-state index in [1.807, 2.05) is 0 Å². The van der Waals surface area contributed by atoms with Crippen LogP contribution in [0.1, 0.15) is 0 Å². The molecule has 0 N–H and O–H groups in total. The van der Waals surface area contributed by atoms with Crippen molar-refractivity contribution >= 4 is 78.5 Å². The normalized spacial score (nSPS) is 11.6. The van der Waals surface area contributed by atoms with Crippen LogP contribution in [0.3, 0.4) is 0 Å². The van der Waals surface area contributed by atoms with Crippen LogP contribution in [0.4, 0.5) is 17.1 Å². The quantitative estimate of drug-likeness (QED) is 0.0982. The molecule has 2 nitrogen and oxygen atoms in total. The van der Waals surface area contributed by atoms with Crippen LogP contribution in [0.2, 0.25) is 0 Å². The fraction of sp³-hybridized carbons (Fsp3) is 0. The molecule has 0 radical (unpaired) electrons. The predicted molar refractivity (Wildman–Crippen MR) is 287 cm³/mol. The topological polar surface area (TPSA) is 8.17 Å². The summed E-state index contributed by atoms with van der Waals surface area (Å²) in [5.41, 5.74) is 11.7. The van der Waals surface area contributed by atoms with E-state index in [2.05, 4.69) is 289 Å². The van der Waals surface area contributed by atoms with Gasteiger partial charge in [0.05, 0.1) is 16.7 Å². The summed E-state index contributed by atoms with van der Waals surface area (Å²) in [4.78, 5) is 2.48. The third-order valence-electron chi connectivity index (χ3n) is 13.5. The van der Waals surface area contributed by atoms with Crippen molar-refractivity contribution in [3.8, 4) is 27.9 Å². The molecule has 0 fully saturated rings. The minimum absolute atomic E-state index is 1.09. The number of anilines is 3. The lowest BCUT2D eigenvalue weighted by atomic mass is 9.96. The molecule has 11 aromatic carbocycles. The number of nitrogens with zero attached hydrogens (tertiary/aromatic N) is 2. The van der Waals surface area contributed by atoms with Crippen LogP contribution in [0.15, 0.2) is 279 Å². The van der Waals surface area contributed by atoms with Crippen molar-refractivity contribution < 1.29 is 0 Å². The van der Waals surface area contributed by atoms with Gasteiger partial charge in [0, 0.05) is 33.2 Å². The fourth-order valence-electron chi connectivity index (χ4n) is 10.6. The highest BCUT2D eigenvalue weighted by Crippen LogP contribution is 2.43. The zero-order valence-corrected chi connectivity index (χ0v) is 38.0. The van der Waals surface area contributed by atoms with E-state index >= 15 is 0 Å². The van der Waals surface area contributed by atoms with Crippen LogP contribution >= 0.6 is 0 Å². The Morgan fingerprint density at radius 2 is 0.776 bits per heavy atom. The number of hydrogen-bond acceptors (Lipinski definition) is 1. The maximum Gasteiger partial charge on any atom is 0.179 e. The average molecular weight is 871 g/mol. The highest BCUT2D eigenvalue weighted by atomic mass is 28.3. The van der Waals surface area contributed by atoms with Crippen molar-refractivity contribution in [3.05, 3.63) is 279 Å². The Balaban J connectivity index is 1.08. The van der Waals surface area contributed by atoms with Crippen LogP contribution in [0.25, 0.3) is 60.5 Å². The molecule has 0 spiro atoms. The zero-order chi connectivity index (χ0) is 44.6. The maximum atomic E-state index is 2.48. The molecule has 67 heavy (non-hydrogen) atoms. The van der Waals surface area contributed by atoms with Gasteiger partial charge in [0.2, 0.25) is 0 Å². The highest BCUT2D eigenvalue weighted by molar-refractivity contribution is 7.19. The van der Waals surface area contributed by atoms with Gasteiger partial charge in [-0.25, -0.2) is 0 Å². The lowest BCUT2D eigenvalue weighted by Gasteiger charge is -2.35. The van der Waals surface area contributed by atoms with Gasteiger partial charge in [-0.1, -0.05) is 224 Å². The molecule has 0 saturated carbocycles. The Labute approximate surface area is 392 Å². The van der Waals surface area contributed by atoms with Crippen LogP contribution in [0, 0.1) is 0 Å². The zero-order valence-electron chi connectivity index (χ0n) is 37.0. The number of rotatable bonds is 10. The van der Waals surface area contributed by atoms with E-state index in [9.17, 15) is 0 Å². The van der Waals surface area contributed by atoms with Crippen LogP contribution in [-0.4, -0.2) is 12.6 Å². The van der Waals surface area contributed by atoms with E-state index in [0.29, 0.717) is 0 Å². The lowest BCUT2D eigenvalue weighted by molar-refractivity contribution is 1.18. The summed E-state index contributed by atoms with van der Waals surface area (Å²) in [5.74, 6) is 0. The fourth-order valence-corrected chi connectivity index (χ4v) is 15.4. The summed E-state index contributed by atoms with van der Waals surface area (Å²) < 4.78 is 2.39. The van der Waals surface area contributed by atoms with Crippen LogP contribution < -0.4 is 25.6 Å². The first-order chi connectivity index (χ1) is 33.3. The van der Waals surface area contributed by atoms with Gasteiger partial charge in [-0.3, -0.25) is 0 Å². The monoisotopic (exact) mass is 870 g/mol. The minimum atomic E-state index is -2.84. The Morgan fingerprint density at radius 3 is 1.45 bits per heavy atom. The van der Waals surface area contributed by atoms with Crippen LogP contribution in [-0.2, 0) is 0 Å². The van der Waals surface area contributed by atoms with E-state index in [1.54, 1.807) is 0 Å². The summed E-state index contributed by atoms with van der Waals surface area (Å²) in [6.07, 6.45) is 0. The third kappa shape index (κ3) is 6.87. The number of hydrogen-bond donors (Lipinski definition) is 0. The first kappa shape index (κ1) is 40.0. The molecular formula is C64H46N2Si. The van der Waals surface area contributed by atoms with Crippen molar-refractivity contribution in [2.45, 2.75) is 0 Å². The van der Waals surface area contributed by atoms with Gasteiger partial charge in [-0.05, 0) is 103 Å². The number of benzene rings is 11. The molecule has 12 aromatic rings. The van der Waals surface area contributed by atoms with E-state index < -0.39 is 8.07 Å². The SMILES string of the molecule is c1ccc(-c2cccc3c(N(c4ccc(-c5cccc6c5c5ccccc5n6-c5ccccc5)cc4)c4cccc([Si](c5ccccc5)(c5ccccc5)c5ccccc5)c4)cccc23)cc1. The Morgan fingerprint density at radius 1 is 0.299 bits per heavy atom. The standard InChI is InChI=1S/C64H46N2Si/c1-6-22-47(23-7-1)56-35-19-38-59-58(56)37-21-40-61(59)65(51-26-18-33-55(46-51)67(52-27-10-3-11-28-52,53-29-12-4-13-30-53)54-31-14-5-15-32-54)50-44-42-48(43-45-50)57-36-20-41-63-64(57)60-34-16-17-39-62(60)66(63)49-24-8-2-9-25-49/h1-46H. The molecule has 0 atom stereocenters. The van der Waals surface area contributed by atoms with Crippen molar-refractivity contribution in [1.29, 1.82) is 0 Å². The Bertz CT molecular complexity index is 3570. The molecule has 0 saturated heterocycles. The molecule has 1 aromatic heterocycles. The summed E-state index contributed by atoms with van der Waals surface area (Å²) >= 11 is 0. The molecule has 0 aliphatic carbocycles. The number of aromatic nitrogens is 1. The summed E-state index contributed by atoms with van der Waals surface area (Å²) in [6, 6.07) is 103. The second kappa shape index (κ2) is 17.1. The van der Waals surface area contributed by atoms with Gasteiger partial charge < -0.3 is 9.47 Å². The van der Waals surface area contributed by atoms with Gasteiger partial charge >= 0.3 is 0 Å². The number of para-hydroxylation sites is 2. The van der Waals surface area contributed by atoms with E-state index in [0.717, 1.165) is 22.7 Å². The molecule has 1 heterocycles. The summed E-state index contributed by atoms with van der Waals surface area (Å²) in [5, 5.41) is 10.3. The molecule has 12 rings (SSSR count). The van der Waals surface area contributed by atoms with Crippen molar-refractivity contribution in [1.82, 2.24) is 4.57 Å². The largest absolute Gasteiger partial charge is 0.310 e. The molecule has 3 heteroatoms. The van der Waals surface area contributed by atoms with Gasteiger partial charge in [0.15, 0.2) is 8.07 Å². The van der Waals surface area contributed by atoms with Crippen molar-refractivity contribution in [2.75, 3.05) is 4.90 Å². The van der Waals surface area contributed by atoms with Gasteiger partial charge in [-0.2, -0.15) is 0 Å². The Kier molecular flexibility index (Phi) is 10.2. The highest BCUT2D eigenvalue weighted by Gasteiger charge is 2.41. The van der Waals surface area contributed by atoms with Gasteiger partial charge in [0.25, 0.3) is 0 Å². The van der Waals surface area contributed by atoms with Crippen molar-refractivity contribution in [3.63, 3.8) is 0 Å². The maximum absolute atomic E-state index is 2.84. The Hall–Kier alpha value is -8.50. The van der Waals surface area contributed by atoms with E-state index in [-0.39, 0.29) is 0 Å². The molecule has 0 bridgehead atoms. The summed E-state index contributed by atoms with van der Waals surface area (Å²) in [7, 11) is -2.84. The van der Waals surface area contributed by atoms with Crippen LogP contribution in [0.5, 0.6) is 0 Å². The average Bonchev–Trinajstić information content (AvgIpc) is 3.75. The second-order valence-corrected chi connectivity index (χ2v) is 21.0. The smallest absolute Gasteiger partial charge is 0.179 e. The first-order valence-corrected chi connectivity index (χ1v) is 25.1. The molecular weight excluding hydrogens is 825 g/mol. The lowest BCUT2D eigenvalue weighted by Crippen LogP contribution is -2.74. The van der Waals surface area contributed by atoms with Gasteiger partial charge in [-0.15, -0.1) is 0 Å². The van der Waals surface area contributed by atoms with Gasteiger partial charge in [0.1, 0.15) is 0 Å². The predicted octanol–water partition coefficient (Wildman–Crippen LogP) is 14.1. The molecule has 316 valence electrons. The van der Waals surface area contributed by atoms with E-state index in [1.165, 1.54) is 75.6 Å². The molecule has 0 aliphatic rings. The second-order valence-electron chi connectivity index (χ2n) is 17.2. The molecule has 0 amide bonds. The van der Waals surface area contributed by atoms with E-state index in [4.69, 9.17) is 0 Å². The number of fused-ring (bicyclic) bond motifs is 4. The molecule has 0 aliphatic heterocycles. The van der Waals surface area contributed by atoms with Crippen molar-refractivity contribution in [2.24, 2.45) is 0 Å². The molecule has 0 unspecified atom stereocenters. The summed E-state index contributed by atoms with van der Waals surface area (Å²) in [6.45, 7) is 0. The minimum Gasteiger partial charge on any atom is -0.310 e. The first-order valence-electron chi connectivity index (χ1n) is 23.1. The third-order valence-corrected chi connectivity index (χ3v) is 18.3.